The summed E-state index contributed by atoms with van der Waals surface area (Å²) in [4.78, 5) is 15.2. The van der Waals surface area contributed by atoms with Gasteiger partial charge in [-0.05, 0) is 42.7 Å². The topological polar surface area (TPSA) is 64.4 Å². The van der Waals surface area contributed by atoms with Crippen LogP contribution in [0.3, 0.4) is 0 Å². The van der Waals surface area contributed by atoms with E-state index in [9.17, 15) is 15.3 Å². The Morgan fingerprint density at radius 1 is 0.909 bits per heavy atom. The number of Topliss-reactive ketones (excluding diaryl/α,β-unsaturated/α-hetero) is 1. The zero-order valence-electron chi connectivity index (χ0n) is 18.0. The van der Waals surface area contributed by atoms with E-state index >= 15 is 0 Å². The van der Waals surface area contributed by atoms with Crippen LogP contribution in [0.5, 0.6) is 0 Å². The van der Waals surface area contributed by atoms with E-state index in [1.165, 1.54) is 0 Å². The molecular formula is C28H23BrN2O2. The van der Waals surface area contributed by atoms with Gasteiger partial charge < -0.3 is 5.11 Å². The molecule has 4 nitrogen and oxygen atoms in total. The van der Waals surface area contributed by atoms with Crippen LogP contribution in [0.1, 0.15) is 36.3 Å². The van der Waals surface area contributed by atoms with Gasteiger partial charge in [0.15, 0.2) is 5.78 Å². The summed E-state index contributed by atoms with van der Waals surface area (Å²) in [6.07, 6.45) is 1.94. The lowest BCUT2D eigenvalue weighted by Crippen LogP contribution is -2.42. The highest BCUT2D eigenvalue weighted by molar-refractivity contribution is 9.10. The molecule has 0 spiro atoms. The van der Waals surface area contributed by atoms with Crippen molar-refractivity contribution in [3.8, 4) is 0 Å². The number of ketones is 1. The van der Waals surface area contributed by atoms with Crippen molar-refractivity contribution in [3.63, 3.8) is 0 Å². The van der Waals surface area contributed by atoms with Gasteiger partial charge in [0.1, 0.15) is 11.6 Å². The number of benzene rings is 3. The first-order valence-electron chi connectivity index (χ1n) is 11.0. The molecule has 0 bridgehead atoms. The zero-order valence-corrected chi connectivity index (χ0v) is 19.5. The Morgan fingerprint density at radius 2 is 1.55 bits per heavy atom. The quantitative estimate of drug-likeness (QED) is 0.381. The fourth-order valence-corrected chi connectivity index (χ4v) is 5.06. The molecule has 1 atom stereocenters. The van der Waals surface area contributed by atoms with Gasteiger partial charge in [-0.3, -0.25) is 15.1 Å². The molecule has 2 aliphatic rings. The highest BCUT2D eigenvalue weighted by Gasteiger charge is 2.43. The molecule has 33 heavy (non-hydrogen) atoms. The molecule has 0 unspecified atom stereocenters. The van der Waals surface area contributed by atoms with Crippen molar-refractivity contribution in [1.82, 2.24) is 0 Å². The van der Waals surface area contributed by atoms with Crippen molar-refractivity contribution < 1.29 is 9.90 Å². The molecule has 1 aliphatic heterocycles. The Balaban J connectivity index is 1.82. The standard InChI is InChI=1S/C28H23BrN2O2/c29-20-14-16-21(17-15-20)31-22-12-7-13-23(32)25(22)24(18-8-3-1-4-9-18)26(28(31)30)27(33)19-10-5-2-6-11-19/h1-6,8-11,14-17,24,30,33H,7,12-13H2/b27-26+,30-28?/t24-/m0/s1. The summed E-state index contributed by atoms with van der Waals surface area (Å²) in [6.45, 7) is 0. The first kappa shape index (κ1) is 21.4. The average molecular weight is 499 g/mol. The number of hydrogen-bond donors (Lipinski definition) is 2. The van der Waals surface area contributed by atoms with Crippen molar-refractivity contribution in [3.05, 3.63) is 117 Å². The molecule has 3 aromatic carbocycles. The molecule has 0 saturated carbocycles. The fraction of sp³-hybridized carbons (Fsp3) is 0.143. The van der Waals surface area contributed by atoms with E-state index in [1.54, 1.807) is 0 Å². The van der Waals surface area contributed by atoms with E-state index in [0.717, 1.165) is 27.8 Å². The van der Waals surface area contributed by atoms with Gasteiger partial charge in [-0.25, -0.2) is 0 Å². The van der Waals surface area contributed by atoms with Gasteiger partial charge in [-0.15, -0.1) is 0 Å². The monoisotopic (exact) mass is 498 g/mol. The third-order valence-electron chi connectivity index (χ3n) is 6.27. The third-order valence-corrected chi connectivity index (χ3v) is 6.80. The van der Waals surface area contributed by atoms with Crippen molar-refractivity contribution in [2.45, 2.75) is 25.2 Å². The summed E-state index contributed by atoms with van der Waals surface area (Å²) in [5.74, 6) is -0.186. The van der Waals surface area contributed by atoms with E-state index in [-0.39, 0.29) is 17.4 Å². The molecule has 0 fully saturated rings. The minimum absolute atomic E-state index is 0.0292. The van der Waals surface area contributed by atoms with E-state index in [4.69, 9.17) is 0 Å². The number of rotatable bonds is 3. The molecule has 1 aliphatic carbocycles. The van der Waals surface area contributed by atoms with Crippen LogP contribution in [0.15, 0.2) is 106 Å². The second-order valence-electron chi connectivity index (χ2n) is 8.27. The Hall–Kier alpha value is -3.44. The minimum Gasteiger partial charge on any atom is -0.507 e. The third kappa shape index (κ3) is 3.83. The van der Waals surface area contributed by atoms with Gasteiger partial charge in [0.05, 0.1) is 0 Å². The Kier molecular flexibility index (Phi) is 5.73. The number of aliphatic hydroxyl groups excluding tert-OH is 1. The predicted molar refractivity (Wildman–Crippen MR) is 135 cm³/mol. The van der Waals surface area contributed by atoms with Gasteiger partial charge in [0, 0.05) is 44.9 Å². The second-order valence-corrected chi connectivity index (χ2v) is 9.19. The van der Waals surface area contributed by atoms with Crippen molar-refractivity contribution in [1.29, 1.82) is 5.41 Å². The Labute approximate surface area is 201 Å². The Morgan fingerprint density at radius 3 is 2.21 bits per heavy atom. The molecule has 0 amide bonds. The first-order chi connectivity index (χ1) is 16.1. The van der Waals surface area contributed by atoms with Crippen molar-refractivity contribution in [2.24, 2.45) is 0 Å². The number of nitrogens with one attached hydrogen (secondary N) is 1. The number of amidine groups is 1. The molecule has 0 aromatic heterocycles. The summed E-state index contributed by atoms with van der Waals surface area (Å²) in [6, 6.07) is 26.7. The van der Waals surface area contributed by atoms with Gasteiger partial charge >= 0.3 is 0 Å². The van der Waals surface area contributed by atoms with Crippen LogP contribution in [-0.4, -0.2) is 16.7 Å². The SMILES string of the molecule is N=C1/C(=C(/O)c2ccccc2)[C@@H](c2ccccc2)C2=C(CCCC2=O)N1c1ccc(Br)cc1. The summed E-state index contributed by atoms with van der Waals surface area (Å²) < 4.78 is 0.939. The number of nitrogens with zero attached hydrogens (tertiary/aromatic N) is 1. The number of carbonyl (C=O) groups excluding carboxylic acids is 1. The highest BCUT2D eigenvalue weighted by atomic mass is 79.9. The van der Waals surface area contributed by atoms with Crippen LogP contribution >= 0.6 is 15.9 Å². The van der Waals surface area contributed by atoms with Crippen LogP contribution in [-0.2, 0) is 4.79 Å². The minimum atomic E-state index is -0.492. The summed E-state index contributed by atoms with van der Waals surface area (Å²) in [7, 11) is 0. The highest BCUT2D eigenvalue weighted by Crippen LogP contribution is 2.47. The van der Waals surface area contributed by atoms with Crippen LogP contribution in [0.2, 0.25) is 0 Å². The first-order valence-corrected chi connectivity index (χ1v) is 11.8. The summed E-state index contributed by atoms with van der Waals surface area (Å²) in [5, 5.41) is 20.8. The predicted octanol–water partition coefficient (Wildman–Crippen LogP) is 7.01. The molecule has 5 heteroatoms. The van der Waals surface area contributed by atoms with Gasteiger partial charge in [-0.2, -0.15) is 0 Å². The van der Waals surface area contributed by atoms with Crippen LogP contribution in [0.25, 0.3) is 5.76 Å². The zero-order chi connectivity index (χ0) is 22.9. The summed E-state index contributed by atoms with van der Waals surface area (Å²) >= 11 is 3.48. The lowest BCUT2D eigenvalue weighted by atomic mass is 9.73. The normalized spacial score (nSPS) is 20.0. The van der Waals surface area contributed by atoms with Crippen molar-refractivity contribution >= 4 is 39.0 Å². The smallest absolute Gasteiger partial charge is 0.161 e. The fourth-order valence-electron chi connectivity index (χ4n) is 4.80. The number of aliphatic hydroxyl groups is 1. The second kappa shape index (κ2) is 8.83. The number of carbonyl (C=O) groups is 1. The number of halogens is 1. The summed E-state index contributed by atoms with van der Waals surface area (Å²) in [5.41, 5.74) is 4.32. The van der Waals surface area contributed by atoms with E-state index in [1.807, 2.05) is 89.8 Å². The number of allylic oxidation sites excluding steroid dienone is 2. The van der Waals surface area contributed by atoms with E-state index in [0.29, 0.717) is 29.6 Å². The molecule has 2 N–H and O–H groups in total. The molecule has 0 saturated heterocycles. The van der Waals surface area contributed by atoms with E-state index in [2.05, 4.69) is 15.9 Å². The number of hydrogen-bond acceptors (Lipinski definition) is 3. The molecule has 0 radical (unpaired) electrons. The van der Waals surface area contributed by atoms with Crippen LogP contribution in [0, 0.1) is 5.41 Å². The lowest BCUT2D eigenvalue weighted by molar-refractivity contribution is -0.116. The lowest BCUT2D eigenvalue weighted by Gasteiger charge is -2.41. The largest absolute Gasteiger partial charge is 0.507 e. The molecule has 1 heterocycles. The molecule has 5 rings (SSSR count). The van der Waals surface area contributed by atoms with Crippen molar-refractivity contribution in [2.75, 3.05) is 4.90 Å². The number of anilines is 1. The van der Waals surface area contributed by atoms with Gasteiger partial charge in [0.2, 0.25) is 0 Å². The maximum atomic E-state index is 13.4. The Bertz CT molecular complexity index is 1280. The van der Waals surface area contributed by atoms with Crippen LogP contribution < -0.4 is 4.90 Å². The molecular weight excluding hydrogens is 476 g/mol. The molecule has 164 valence electrons. The average Bonchev–Trinajstić information content (AvgIpc) is 2.85. The van der Waals surface area contributed by atoms with Gasteiger partial charge in [-0.1, -0.05) is 76.6 Å². The maximum Gasteiger partial charge on any atom is 0.161 e. The maximum absolute atomic E-state index is 13.4. The molecule has 3 aromatic rings. The van der Waals surface area contributed by atoms with Gasteiger partial charge in [0.25, 0.3) is 0 Å². The van der Waals surface area contributed by atoms with E-state index < -0.39 is 5.92 Å². The van der Waals surface area contributed by atoms with Crippen LogP contribution in [0.4, 0.5) is 5.69 Å².